The van der Waals surface area contributed by atoms with Crippen molar-refractivity contribution in [2.45, 2.75) is 0 Å². The average Bonchev–Trinajstić information content (AvgIpc) is 2.46. The highest BCUT2D eigenvalue weighted by atomic mass is 16.5. The van der Waals surface area contributed by atoms with Crippen LogP contribution in [0.1, 0.15) is 10.5 Å². The summed E-state index contributed by atoms with van der Waals surface area (Å²) in [6, 6.07) is 12.4. The maximum atomic E-state index is 10.9. The SMILES string of the molecule is COc1ccccc1N(C)c1cccc(C(=O)O)n1. The number of methoxy groups -OCH3 is 1. The molecule has 0 aliphatic heterocycles. The third-order valence-electron chi connectivity index (χ3n) is 2.74. The number of carbonyl (C=O) groups is 1. The van der Waals surface area contributed by atoms with Crippen molar-refractivity contribution in [1.29, 1.82) is 0 Å². The fourth-order valence-corrected chi connectivity index (χ4v) is 1.76. The van der Waals surface area contributed by atoms with Crippen molar-refractivity contribution in [2.75, 3.05) is 19.1 Å². The summed E-state index contributed by atoms with van der Waals surface area (Å²) in [6.07, 6.45) is 0. The zero-order valence-electron chi connectivity index (χ0n) is 10.7. The van der Waals surface area contributed by atoms with Crippen molar-refractivity contribution in [2.24, 2.45) is 0 Å². The topological polar surface area (TPSA) is 62.7 Å². The first-order valence-corrected chi connectivity index (χ1v) is 5.70. The van der Waals surface area contributed by atoms with Gasteiger partial charge in [-0.3, -0.25) is 0 Å². The first-order valence-electron chi connectivity index (χ1n) is 5.70. The first-order chi connectivity index (χ1) is 9.13. The molecule has 0 unspecified atom stereocenters. The fourth-order valence-electron chi connectivity index (χ4n) is 1.76. The lowest BCUT2D eigenvalue weighted by atomic mass is 10.2. The maximum Gasteiger partial charge on any atom is 0.354 e. The molecule has 1 heterocycles. The van der Waals surface area contributed by atoms with Gasteiger partial charge in [-0.25, -0.2) is 9.78 Å². The minimum atomic E-state index is -1.05. The smallest absolute Gasteiger partial charge is 0.354 e. The Morgan fingerprint density at radius 3 is 2.63 bits per heavy atom. The lowest BCUT2D eigenvalue weighted by Gasteiger charge is -2.20. The number of pyridine rings is 1. The Labute approximate surface area is 111 Å². The highest BCUT2D eigenvalue weighted by Crippen LogP contribution is 2.31. The number of nitrogens with zero attached hydrogens (tertiary/aromatic N) is 2. The van der Waals surface area contributed by atoms with Gasteiger partial charge in [-0.2, -0.15) is 0 Å². The van der Waals surface area contributed by atoms with Crippen LogP contribution < -0.4 is 9.64 Å². The number of para-hydroxylation sites is 2. The van der Waals surface area contributed by atoms with E-state index in [1.54, 1.807) is 24.1 Å². The molecule has 0 aliphatic carbocycles. The third-order valence-corrected chi connectivity index (χ3v) is 2.74. The molecule has 0 saturated heterocycles. The predicted octanol–water partition coefficient (Wildman–Crippen LogP) is 2.56. The molecule has 0 bridgehead atoms. The van der Waals surface area contributed by atoms with Crippen molar-refractivity contribution >= 4 is 17.5 Å². The largest absolute Gasteiger partial charge is 0.495 e. The summed E-state index contributed by atoms with van der Waals surface area (Å²) in [5.74, 6) is 0.201. The van der Waals surface area contributed by atoms with Crippen LogP contribution in [0.5, 0.6) is 5.75 Å². The Morgan fingerprint density at radius 2 is 1.95 bits per heavy atom. The van der Waals surface area contributed by atoms with Gasteiger partial charge in [-0.1, -0.05) is 18.2 Å². The van der Waals surface area contributed by atoms with E-state index in [2.05, 4.69) is 4.98 Å². The molecule has 2 aromatic rings. The van der Waals surface area contributed by atoms with Gasteiger partial charge >= 0.3 is 5.97 Å². The average molecular weight is 258 g/mol. The Balaban J connectivity index is 2.41. The summed E-state index contributed by atoms with van der Waals surface area (Å²) < 4.78 is 5.28. The lowest BCUT2D eigenvalue weighted by Crippen LogP contribution is -2.14. The zero-order valence-corrected chi connectivity index (χ0v) is 10.7. The van der Waals surface area contributed by atoms with E-state index in [0.717, 1.165) is 5.69 Å². The van der Waals surface area contributed by atoms with Crippen molar-refractivity contribution in [1.82, 2.24) is 4.98 Å². The van der Waals surface area contributed by atoms with Crippen LogP contribution in [-0.4, -0.2) is 30.2 Å². The fraction of sp³-hybridized carbons (Fsp3) is 0.143. The van der Waals surface area contributed by atoms with E-state index in [4.69, 9.17) is 9.84 Å². The van der Waals surface area contributed by atoms with Crippen molar-refractivity contribution in [3.63, 3.8) is 0 Å². The number of aromatic nitrogens is 1. The molecule has 0 saturated carbocycles. The molecular formula is C14H14N2O3. The van der Waals surface area contributed by atoms with E-state index in [0.29, 0.717) is 11.6 Å². The second-order valence-corrected chi connectivity index (χ2v) is 3.92. The molecular weight excluding hydrogens is 244 g/mol. The summed E-state index contributed by atoms with van der Waals surface area (Å²) in [6.45, 7) is 0. The number of hydrogen-bond acceptors (Lipinski definition) is 4. The summed E-state index contributed by atoms with van der Waals surface area (Å²) in [5, 5.41) is 8.96. The van der Waals surface area contributed by atoms with Crippen LogP contribution in [0.3, 0.4) is 0 Å². The Bertz CT molecular complexity index is 599. The first kappa shape index (κ1) is 12.9. The Hall–Kier alpha value is -2.56. The molecule has 0 spiro atoms. The van der Waals surface area contributed by atoms with Gasteiger partial charge in [0.15, 0.2) is 5.69 Å². The summed E-state index contributed by atoms with van der Waals surface area (Å²) in [5.41, 5.74) is 0.833. The number of aromatic carboxylic acids is 1. The third kappa shape index (κ3) is 2.65. The molecule has 1 N–H and O–H groups in total. The number of ether oxygens (including phenoxy) is 1. The van der Waals surface area contributed by atoms with Gasteiger partial charge < -0.3 is 14.7 Å². The van der Waals surface area contributed by atoms with Gasteiger partial charge in [-0.05, 0) is 24.3 Å². The van der Waals surface area contributed by atoms with Crippen LogP contribution in [0.4, 0.5) is 11.5 Å². The molecule has 98 valence electrons. The Kier molecular flexibility index (Phi) is 3.66. The zero-order chi connectivity index (χ0) is 13.8. The van der Waals surface area contributed by atoms with Gasteiger partial charge in [0.05, 0.1) is 12.8 Å². The summed E-state index contributed by atoms with van der Waals surface area (Å²) >= 11 is 0. The van der Waals surface area contributed by atoms with Crippen molar-refractivity contribution in [3.05, 3.63) is 48.2 Å². The highest BCUT2D eigenvalue weighted by Gasteiger charge is 2.12. The minimum absolute atomic E-state index is 0.0132. The van der Waals surface area contributed by atoms with Crippen LogP contribution in [0.15, 0.2) is 42.5 Å². The van der Waals surface area contributed by atoms with Gasteiger partial charge in [0, 0.05) is 7.05 Å². The number of carboxylic acids is 1. The van der Waals surface area contributed by atoms with Crippen molar-refractivity contribution < 1.29 is 14.6 Å². The lowest BCUT2D eigenvalue weighted by molar-refractivity contribution is 0.0690. The maximum absolute atomic E-state index is 10.9. The predicted molar refractivity (Wildman–Crippen MR) is 72.3 cm³/mol. The second-order valence-electron chi connectivity index (χ2n) is 3.92. The number of carboxylic acid groups (broad SMARTS) is 1. The number of hydrogen-bond donors (Lipinski definition) is 1. The van der Waals surface area contributed by atoms with E-state index in [1.165, 1.54) is 6.07 Å². The summed E-state index contributed by atoms with van der Waals surface area (Å²) in [7, 11) is 3.40. The minimum Gasteiger partial charge on any atom is -0.495 e. The van der Waals surface area contributed by atoms with E-state index in [-0.39, 0.29) is 5.69 Å². The number of anilines is 2. The molecule has 0 aliphatic rings. The van der Waals surface area contributed by atoms with Crippen molar-refractivity contribution in [3.8, 4) is 5.75 Å². The van der Waals surface area contributed by atoms with E-state index >= 15 is 0 Å². The van der Waals surface area contributed by atoms with Crippen LogP contribution in [0.2, 0.25) is 0 Å². The molecule has 1 aromatic carbocycles. The van der Waals surface area contributed by atoms with Crippen LogP contribution in [0, 0.1) is 0 Å². The van der Waals surface area contributed by atoms with Crippen LogP contribution >= 0.6 is 0 Å². The molecule has 0 amide bonds. The summed E-state index contributed by atoms with van der Waals surface area (Å²) in [4.78, 5) is 16.8. The number of rotatable bonds is 4. The Morgan fingerprint density at radius 1 is 1.21 bits per heavy atom. The van der Waals surface area contributed by atoms with E-state index < -0.39 is 5.97 Å². The number of benzene rings is 1. The highest BCUT2D eigenvalue weighted by molar-refractivity contribution is 5.86. The van der Waals surface area contributed by atoms with Gasteiger partial charge in [-0.15, -0.1) is 0 Å². The molecule has 5 nitrogen and oxygen atoms in total. The molecule has 2 rings (SSSR count). The van der Waals surface area contributed by atoms with Gasteiger partial charge in [0.1, 0.15) is 11.6 Å². The molecule has 5 heteroatoms. The van der Waals surface area contributed by atoms with Crippen LogP contribution in [-0.2, 0) is 0 Å². The van der Waals surface area contributed by atoms with E-state index in [1.807, 2.05) is 31.3 Å². The van der Waals surface area contributed by atoms with Gasteiger partial charge in [0.2, 0.25) is 0 Å². The second kappa shape index (κ2) is 5.39. The molecule has 0 fully saturated rings. The standard InChI is InChI=1S/C14H14N2O3/c1-16(11-7-3-4-8-12(11)19-2)13-9-5-6-10(15-13)14(17)18/h3-9H,1-2H3,(H,17,18). The van der Waals surface area contributed by atoms with Crippen LogP contribution in [0.25, 0.3) is 0 Å². The molecule has 19 heavy (non-hydrogen) atoms. The quantitative estimate of drug-likeness (QED) is 0.913. The molecule has 1 aromatic heterocycles. The van der Waals surface area contributed by atoms with Gasteiger partial charge in [0.25, 0.3) is 0 Å². The molecule has 0 atom stereocenters. The normalized spacial score (nSPS) is 10.0. The molecule has 0 radical (unpaired) electrons. The monoisotopic (exact) mass is 258 g/mol. The van der Waals surface area contributed by atoms with E-state index in [9.17, 15) is 4.79 Å².